The van der Waals surface area contributed by atoms with Crippen molar-refractivity contribution in [2.24, 2.45) is 11.7 Å². The van der Waals surface area contributed by atoms with Crippen LogP contribution in [0.1, 0.15) is 31.7 Å². The van der Waals surface area contributed by atoms with Crippen LogP contribution >= 0.6 is 11.3 Å². The van der Waals surface area contributed by atoms with Crippen molar-refractivity contribution >= 4 is 33.2 Å². The number of hydrogen-bond donors (Lipinski definition) is 2. The SMILES string of the molecule is CNc1ncnc2c1ccn2C1CCC(CN(CCCN)c2cncs2)C1. The summed E-state index contributed by atoms with van der Waals surface area (Å²) in [5.41, 5.74) is 8.68. The predicted octanol–water partition coefficient (Wildman–Crippen LogP) is 3.13. The average molecular weight is 386 g/mol. The van der Waals surface area contributed by atoms with Gasteiger partial charge in [0.25, 0.3) is 0 Å². The minimum Gasteiger partial charge on any atom is -0.372 e. The van der Waals surface area contributed by atoms with E-state index in [1.54, 1.807) is 17.7 Å². The molecule has 3 heterocycles. The molecule has 2 atom stereocenters. The Balaban J connectivity index is 1.47. The van der Waals surface area contributed by atoms with E-state index in [1.807, 2.05) is 18.8 Å². The maximum absolute atomic E-state index is 5.74. The lowest BCUT2D eigenvalue weighted by Crippen LogP contribution is -2.30. The molecule has 27 heavy (non-hydrogen) atoms. The first-order chi connectivity index (χ1) is 13.3. The number of hydrogen-bond acceptors (Lipinski definition) is 7. The van der Waals surface area contributed by atoms with Crippen molar-refractivity contribution in [3.8, 4) is 0 Å². The number of nitrogens with zero attached hydrogens (tertiary/aromatic N) is 5. The Labute approximate surface area is 163 Å². The van der Waals surface area contributed by atoms with Crippen molar-refractivity contribution in [2.75, 3.05) is 36.9 Å². The van der Waals surface area contributed by atoms with Gasteiger partial charge >= 0.3 is 0 Å². The average Bonchev–Trinajstić information content (AvgIpc) is 3.44. The second kappa shape index (κ2) is 8.22. The molecule has 144 valence electrons. The summed E-state index contributed by atoms with van der Waals surface area (Å²) in [4.78, 5) is 15.6. The van der Waals surface area contributed by atoms with Crippen LogP contribution in [0.4, 0.5) is 10.8 Å². The summed E-state index contributed by atoms with van der Waals surface area (Å²) in [6.45, 7) is 2.81. The fourth-order valence-corrected chi connectivity index (χ4v) is 4.85. The van der Waals surface area contributed by atoms with Crippen molar-refractivity contribution in [1.82, 2.24) is 19.5 Å². The fraction of sp³-hybridized carbons (Fsp3) is 0.526. The van der Waals surface area contributed by atoms with Crippen LogP contribution in [-0.2, 0) is 0 Å². The van der Waals surface area contributed by atoms with E-state index in [1.165, 1.54) is 24.3 Å². The maximum atomic E-state index is 5.74. The van der Waals surface area contributed by atoms with Gasteiger partial charge in [0.2, 0.25) is 0 Å². The van der Waals surface area contributed by atoms with Gasteiger partial charge in [-0.15, -0.1) is 11.3 Å². The summed E-state index contributed by atoms with van der Waals surface area (Å²) in [6, 6.07) is 2.63. The summed E-state index contributed by atoms with van der Waals surface area (Å²) < 4.78 is 2.34. The van der Waals surface area contributed by atoms with Crippen LogP contribution in [0, 0.1) is 5.92 Å². The second-order valence-electron chi connectivity index (χ2n) is 7.19. The first kappa shape index (κ1) is 18.2. The Bertz CT molecular complexity index is 860. The molecule has 3 N–H and O–H groups in total. The zero-order chi connectivity index (χ0) is 18.6. The number of thiazole rings is 1. The van der Waals surface area contributed by atoms with Gasteiger partial charge in [0, 0.05) is 32.4 Å². The zero-order valence-electron chi connectivity index (χ0n) is 15.7. The summed E-state index contributed by atoms with van der Waals surface area (Å²) in [6.07, 6.45) is 10.4. The molecule has 2 unspecified atom stereocenters. The highest BCUT2D eigenvalue weighted by molar-refractivity contribution is 7.13. The smallest absolute Gasteiger partial charge is 0.145 e. The number of rotatable bonds is 8. The first-order valence-corrected chi connectivity index (χ1v) is 10.5. The molecule has 0 bridgehead atoms. The third-order valence-electron chi connectivity index (χ3n) is 5.49. The van der Waals surface area contributed by atoms with E-state index < -0.39 is 0 Å². The highest BCUT2D eigenvalue weighted by Crippen LogP contribution is 2.38. The summed E-state index contributed by atoms with van der Waals surface area (Å²) in [5.74, 6) is 1.57. The quantitative estimate of drug-likeness (QED) is 0.620. The lowest BCUT2D eigenvalue weighted by atomic mass is 10.1. The van der Waals surface area contributed by atoms with Crippen LogP contribution < -0.4 is 16.0 Å². The Morgan fingerprint density at radius 1 is 1.37 bits per heavy atom. The Hall–Kier alpha value is -2.19. The topological polar surface area (TPSA) is 84.9 Å². The number of anilines is 2. The minimum absolute atomic E-state index is 0.505. The predicted molar refractivity (Wildman–Crippen MR) is 111 cm³/mol. The molecule has 4 rings (SSSR count). The molecule has 1 aliphatic carbocycles. The monoisotopic (exact) mass is 385 g/mol. The highest BCUT2D eigenvalue weighted by Gasteiger charge is 2.29. The molecule has 7 nitrogen and oxygen atoms in total. The molecular weight excluding hydrogens is 358 g/mol. The molecule has 3 aromatic rings. The van der Waals surface area contributed by atoms with Crippen molar-refractivity contribution in [1.29, 1.82) is 0 Å². The van der Waals surface area contributed by atoms with E-state index in [9.17, 15) is 0 Å². The molecule has 0 saturated heterocycles. The molecule has 0 aliphatic heterocycles. The Kier molecular flexibility index (Phi) is 5.54. The van der Waals surface area contributed by atoms with Gasteiger partial charge in [-0.2, -0.15) is 0 Å². The number of nitrogens with two attached hydrogens (primary N) is 1. The molecule has 0 spiro atoms. The van der Waals surface area contributed by atoms with Crippen LogP contribution in [0.5, 0.6) is 0 Å². The zero-order valence-corrected chi connectivity index (χ0v) is 16.5. The largest absolute Gasteiger partial charge is 0.372 e. The first-order valence-electron chi connectivity index (χ1n) is 9.63. The minimum atomic E-state index is 0.505. The van der Waals surface area contributed by atoms with E-state index in [0.29, 0.717) is 12.0 Å². The van der Waals surface area contributed by atoms with Gasteiger partial charge in [-0.1, -0.05) is 0 Å². The van der Waals surface area contributed by atoms with Gasteiger partial charge in [-0.25, -0.2) is 9.97 Å². The molecule has 0 radical (unpaired) electrons. The van der Waals surface area contributed by atoms with Crippen molar-refractivity contribution in [2.45, 2.75) is 31.7 Å². The van der Waals surface area contributed by atoms with E-state index in [4.69, 9.17) is 5.73 Å². The third kappa shape index (κ3) is 3.77. The number of fused-ring (bicyclic) bond motifs is 1. The molecule has 1 aliphatic rings. The summed E-state index contributed by atoms with van der Waals surface area (Å²) >= 11 is 1.71. The highest BCUT2D eigenvalue weighted by atomic mass is 32.1. The molecule has 1 saturated carbocycles. The third-order valence-corrected chi connectivity index (χ3v) is 6.33. The molecule has 3 aromatic heterocycles. The van der Waals surface area contributed by atoms with Crippen LogP contribution in [-0.4, -0.2) is 46.2 Å². The second-order valence-corrected chi connectivity index (χ2v) is 8.06. The standard InChI is InChI=1S/C19H27N7S/c1-21-18-16-5-8-26(19(16)24-12-23-18)15-4-3-14(9-15)11-25(7-2-6-20)17-10-22-13-27-17/h5,8,10,12-15H,2-4,6-7,9,11,20H2,1H3,(H,21,23,24). The Morgan fingerprint density at radius 3 is 3.07 bits per heavy atom. The van der Waals surface area contributed by atoms with Gasteiger partial charge < -0.3 is 20.5 Å². The molecule has 1 fully saturated rings. The van der Waals surface area contributed by atoms with Crippen LogP contribution in [0.2, 0.25) is 0 Å². The number of aromatic nitrogens is 4. The van der Waals surface area contributed by atoms with E-state index >= 15 is 0 Å². The van der Waals surface area contributed by atoms with Crippen LogP contribution in [0.15, 0.2) is 30.3 Å². The number of nitrogens with one attached hydrogen (secondary N) is 1. The summed E-state index contributed by atoms with van der Waals surface area (Å²) in [5, 5.41) is 5.51. The maximum Gasteiger partial charge on any atom is 0.145 e. The molecule has 8 heteroatoms. The van der Waals surface area contributed by atoms with Crippen molar-refractivity contribution in [3.63, 3.8) is 0 Å². The van der Waals surface area contributed by atoms with Crippen molar-refractivity contribution in [3.05, 3.63) is 30.3 Å². The van der Waals surface area contributed by atoms with Gasteiger partial charge in [0.05, 0.1) is 17.1 Å². The van der Waals surface area contributed by atoms with E-state index in [0.717, 1.165) is 42.9 Å². The van der Waals surface area contributed by atoms with Gasteiger partial charge in [-0.3, -0.25) is 4.98 Å². The van der Waals surface area contributed by atoms with Crippen LogP contribution in [0.3, 0.4) is 0 Å². The molecule has 0 amide bonds. The lowest BCUT2D eigenvalue weighted by molar-refractivity contribution is 0.478. The fourth-order valence-electron chi connectivity index (χ4n) is 4.18. The van der Waals surface area contributed by atoms with Gasteiger partial charge in [0.1, 0.15) is 22.8 Å². The van der Waals surface area contributed by atoms with Crippen molar-refractivity contribution < 1.29 is 0 Å². The molecular formula is C19H27N7S. The van der Waals surface area contributed by atoms with Crippen LogP contribution in [0.25, 0.3) is 11.0 Å². The van der Waals surface area contributed by atoms with E-state index in [2.05, 4.69) is 42.0 Å². The van der Waals surface area contributed by atoms with E-state index in [-0.39, 0.29) is 0 Å². The Morgan fingerprint density at radius 2 is 2.30 bits per heavy atom. The molecule has 0 aromatic carbocycles. The summed E-state index contributed by atoms with van der Waals surface area (Å²) in [7, 11) is 1.90. The van der Waals surface area contributed by atoms with Gasteiger partial charge in [0.15, 0.2) is 0 Å². The van der Waals surface area contributed by atoms with Gasteiger partial charge in [-0.05, 0) is 44.2 Å². The lowest BCUT2D eigenvalue weighted by Gasteiger charge is -2.26. The normalized spacial score (nSPS) is 19.6.